The van der Waals surface area contributed by atoms with Gasteiger partial charge in [0.15, 0.2) is 5.75 Å². The van der Waals surface area contributed by atoms with Crippen molar-refractivity contribution in [3.63, 3.8) is 0 Å². The van der Waals surface area contributed by atoms with Gasteiger partial charge in [0.1, 0.15) is 6.04 Å². The van der Waals surface area contributed by atoms with Crippen LogP contribution in [0.1, 0.15) is 12.0 Å². The number of anilines is 2. The molecule has 0 saturated heterocycles. The molecule has 1 atom stereocenters. The summed E-state index contributed by atoms with van der Waals surface area (Å²) < 4.78 is 5.23. The molecule has 1 aliphatic rings. The van der Waals surface area contributed by atoms with E-state index in [0.29, 0.717) is 22.1 Å². The lowest BCUT2D eigenvalue weighted by Gasteiger charge is -2.25. The normalized spacial score (nSPS) is 16.1. The van der Waals surface area contributed by atoms with Crippen molar-refractivity contribution in [1.29, 1.82) is 0 Å². The Hall–Kier alpha value is -2.53. The molecular formula is C17H15ClN2O3. The number of ether oxygens (including phenoxy) is 1. The summed E-state index contributed by atoms with van der Waals surface area (Å²) in [7, 11) is 0. The van der Waals surface area contributed by atoms with Gasteiger partial charge in [-0.05, 0) is 36.8 Å². The number of rotatable bonds is 3. The van der Waals surface area contributed by atoms with Crippen LogP contribution in [0, 0.1) is 6.92 Å². The molecule has 0 bridgehead atoms. The fourth-order valence-electron chi connectivity index (χ4n) is 2.34. The summed E-state index contributed by atoms with van der Waals surface area (Å²) in [5.41, 5.74) is 2.22. The lowest BCUT2D eigenvalue weighted by atomic mass is 10.1. The Bertz CT molecular complexity index is 776. The van der Waals surface area contributed by atoms with Gasteiger partial charge in [-0.15, -0.1) is 0 Å². The second-order valence-electron chi connectivity index (χ2n) is 5.35. The molecule has 0 fully saturated rings. The maximum absolute atomic E-state index is 12.2. The number of benzene rings is 2. The zero-order valence-corrected chi connectivity index (χ0v) is 13.2. The molecule has 0 aliphatic carbocycles. The summed E-state index contributed by atoms with van der Waals surface area (Å²) >= 11 is 6.09. The number of fused-ring (bicyclic) bond motifs is 1. The highest BCUT2D eigenvalue weighted by Crippen LogP contribution is 2.29. The fraction of sp³-hybridized carbons (Fsp3) is 0.176. The largest absolute Gasteiger partial charge is 0.423 e. The third-order valence-corrected chi connectivity index (χ3v) is 3.81. The number of para-hydroxylation sites is 2. The lowest BCUT2D eigenvalue weighted by molar-refractivity contribution is -0.137. The average molecular weight is 331 g/mol. The number of hydrogen-bond donors (Lipinski definition) is 2. The molecule has 118 valence electrons. The fourth-order valence-corrected chi connectivity index (χ4v) is 2.63. The summed E-state index contributed by atoms with van der Waals surface area (Å²) in [6, 6.07) is 11.7. The van der Waals surface area contributed by atoms with Gasteiger partial charge in [0, 0.05) is 0 Å². The molecule has 3 rings (SSSR count). The van der Waals surface area contributed by atoms with Crippen LogP contribution >= 0.6 is 11.6 Å². The standard InChI is InChI=1S/C17H15ClN2O3/c1-10-6-7-12(11(18)8-10)20-16(21)9-14-17(22)23-15-5-3-2-4-13(15)19-14/h2-8,14,19H,9H2,1H3,(H,20,21)/t14-/m1/s1. The molecule has 23 heavy (non-hydrogen) atoms. The smallest absolute Gasteiger partial charge is 0.334 e. The highest BCUT2D eigenvalue weighted by molar-refractivity contribution is 6.33. The maximum Gasteiger partial charge on any atom is 0.334 e. The van der Waals surface area contributed by atoms with Crippen molar-refractivity contribution in [2.24, 2.45) is 0 Å². The van der Waals surface area contributed by atoms with Crippen LogP contribution in [0.25, 0.3) is 0 Å². The van der Waals surface area contributed by atoms with Crippen LogP contribution in [0.2, 0.25) is 5.02 Å². The number of halogens is 1. The van der Waals surface area contributed by atoms with Gasteiger partial charge in [-0.1, -0.05) is 29.8 Å². The van der Waals surface area contributed by atoms with Gasteiger partial charge in [-0.25, -0.2) is 4.79 Å². The van der Waals surface area contributed by atoms with E-state index in [-0.39, 0.29) is 12.3 Å². The van der Waals surface area contributed by atoms with E-state index in [1.165, 1.54) is 0 Å². The molecule has 2 aromatic carbocycles. The molecule has 2 N–H and O–H groups in total. The predicted octanol–water partition coefficient (Wildman–Crippen LogP) is 3.38. The van der Waals surface area contributed by atoms with Crippen LogP contribution in [0.3, 0.4) is 0 Å². The lowest BCUT2D eigenvalue weighted by Crippen LogP contribution is -2.39. The van der Waals surface area contributed by atoms with E-state index in [2.05, 4.69) is 10.6 Å². The Morgan fingerprint density at radius 1 is 1.30 bits per heavy atom. The third-order valence-electron chi connectivity index (χ3n) is 3.50. The minimum Gasteiger partial charge on any atom is -0.423 e. The second-order valence-corrected chi connectivity index (χ2v) is 5.76. The molecular weight excluding hydrogens is 316 g/mol. The molecule has 0 aromatic heterocycles. The van der Waals surface area contributed by atoms with E-state index in [9.17, 15) is 9.59 Å². The van der Waals surface area contributed by atoms with Gasteiger partial charge < -0.3 is 15.4 Å². The number of carbonyl (C=O) groups excluding carboxylic acids is 2. The van der Waals surface area contributed by atoms with Crippen LogP contribution < -0.4 is 15.4 Å². The highest BCUT2D eigenvalue weighted by atomic mass is 35.5. The molecule has 1 aliphatic heterocycles. The maximum atomic E-state index is 12.2. The van der Waals surface area contributed by atoms with Crippen LogP contribution in [0.15, 0.2) is 42.5 Å². The minimum atomic E-state index is -0.728. The summed E-state index contributed by atoms with van der Waals surface area (Å²) in [6.07, 6.45) is -0.0443. The van der Waals surface area contributed by atoms with Gasteiger partial charge >= 0.3 is 5.97 Å². The Kier molecular flexibility index (Phi) is 4.21. The first kappa shape index (κ1) is 15.4. The Labute approximate surface area is 138 Å². The van der Waals surface area contributed by atoms with Gasteiger partial charge in [-0.3, -0.25) is 4.79 Å². The SMILES string of the molecule is Cc1ccc(NC(=O)C[C@H]2Nc3ccccc3OC2=O)c(Cl)c1. The Morgan fingerprint density at radius 2 is 2.09 bits per heavy atom. The van der Waals surface area contributed by atoms with Crippen molar-refractivity contribution >= 4 is 34.9 Å². The van der Waals surface area contributed by atoms with E-state index >= 15 is 0 Å². The topological polar surface area (TPSA) is 67.4 Å². The summed E-state index contributed by atoms with van der Waals surface area (Å²) in [5.74, 6) is -0.325. The van der Waals surface area contributed by atoms with Crippen molar-refractivity contribution in [3.05, 3.63) is 53.1 Å². The number of aryl methyl sites for hydroxylation is 1. The molecule has 0 saturated carbocycles. The first-order valence-corrected chi connectivity index (χ1v) is 7.54. The van der Waals surface area contributed by atoms with E-state index in [0.717, 1.165) is 5.56 Å². The quantitative estimate of drug-likeness (QED) is 0.669. The molecule has 1 amide bonds. The van der Waals surface area contributed by atoms with Crippen LogP contribution in [0.4, 0.5) is 11.4 Å². The van der Waals surface area contributed by atoms with Gasteiger partial charge in [0.2, 0.25) is 5.91 Å². The van der Waals surface area contributed by atoms with E-state index in [4.69, 9.17) is 16.3 Å². The number of amides is 1. The molecule has 6 heteroatoms. The van der Waals surface area contributed by atoms with E-state index < -0.39 is 12.0 Å². The van der Waals surface area contributed by atoms with Crippen molar-refractivity contribution in [1.82, 2.24) is 0 Å². The first-order valence-electron chi connectivity index (χ1n) is 7.16. The van der Waals surface area contributed by atoms with Gasteiger partial charge in [0.25, 0.3) is 0 Å². The molecule has 1 heterocycles. The van der Waals surface area contributed by atoms with Crippen molar-refractivity contribution < 1.29 is 14.3 Å². The summed E-state index contributed by atoms with van der Waals surface area (Å²) in [6.45, 7) is 1.91. The average Bonchev–Trinajstić information content (AvgIpc) is 2.51. The summed E-state index contributed by atoms with van der Waals surface area (Å²) in [4.78, 5) is 24.1. The number of esters is 1. The second kappa shape index (κ2) is 6.30. The summed E-state index contributed by atoms with van der Waals surface area (Å²) in [5, 5.41) is 6.19. The van der Waals surface area contributed by atoms with Crippen LogP contribution in [-0.2, 0) is 9.59 Å². The molecule has 2 aromatic rings. The van der Waals surface area contributed by atoms with E-state index in [1.54, 1.807) is 30.3 Å². The van der Waals surface area contributed by atoms with Gasteiger partial charge in [-0.2, -0.15) is 0 Å². The van der Waals surface area contributed by atoms with Gasteiger partial charge in [0.05, 0.1) is 22.8 Å². The Morgan fingerprint density at radius 3 is 2.87 bits per heavy atom. The van der Waals surface area contributed by atoms with Crippen molar-refractivity contribution in [2.45, 2.75) is 19.4 Å². The minimum absolute atomic E-state index is 0.0443. The first-order chi connectivity index (χ1) is 11.0. The van der Waals surface area contributed by atoms with E-state index in [1.807, 2.05) is 19.1 Å². The predicted molar refractivity (Wildman–Crippen MR) is 88.9 cm³/mol. The molecule has 0 radical (unpaired) electrons. The van der Waals surface area contributed by atoms with Crippen LogP contribution in [-0.4, -0.2) is 17.9 Å². The van der Waals surface area contributed by atoms with Crippen LogP contribution in [0.5, 0.6) is 5.75 Å². The molecule has 0 spiro atoms. The highest BCUT2D eigenvalue weighted by Gasteiger charge is 2.29. The number of nitrogens with one attached hydrogen (secondary N) is 2. The monoisotopic (exact) mass is 330 g/mol. The zero-order valence-electron chi connectivity index (χ0n) is 12.4. The number of hydrogen-bond acceptors (Lipinski definition) is 4. The van der Waals surface area contributed by atoms with Crippen molar-refractivity contribution in [3.8, 4) is 5.75 Å². The third kappa shape index (κ3) is 3.46. The zero-order chi connectivity index (χ0) is 16.4. The molecule has 0 unspecified atom stereocenters. The number of carbonyl (C=O) groups is 2. The Balaban J connectivity index is 1.67. The molecule has 5 nitrogen and oxygen atoms in total. The van der Waals surface area contributed by atoms with Crippen molar-refractivity contribution in [2.75, 3.05) is 10.6 Å².